The first-order chi connectivity index (χ1) is 7.34. The molecule has 15 heavy (non-hydrogen) atoms. The summed E-state index contributed by atoms with van der Waals surface area (Å²) in [5, 5.41) is 10.6. The molecule has 0 radical (unpaired) electrons. The third kappa shape index (κ3) is 3.00. The topological polar surface area (TPSA) is 66.9 Å². The first-order valence-electron chi connectivity index (χ1n) is 4.17. The van der Waals surface area contributed by atoms with Gasteiger partial charge >= 0.3 is 0 Å². The van der Waals surface area contributed by atoms with Gasteiger partial charge in [0.1, 0.15) is 0 Å². The molecule has 2 rings (SSSR count). The SMILES string of the molecule is O=C(CNc1nccs1)Nc1nccs1. The number of anilines is 2. The quantitative estimate of drug-likeness (QED) is 0.852. The number of rotatable bonds is 4. The minimum atomic E-state index is -0.125. The van der Waals surface area contributed by atoms with Gasteiger partial charge in [-0.25, -0.2) is 9.97 Å². The van der Waals surface area contributed by atoms with Crippen LogP contribution < -0.4 is 10.6 Å². The van der Waals surface area contributed by atoms with Crippen molar-refractivity contribution in [1.29, 1.82) is 0 Å². The fourth-order valence-electron chi connectivity index (χ4n) is 0.915. The maximum Gasteiger partial charge on any atom is 0.245 e. The predicted molar refractivity (Wildman–Crippen MR) is 61.3 cm³/mol. The van der Waals surface area contributed by atoms with Gasteiger partial charge in [-0.2, -0.15) is 0 Å². The summed E-state index contributed by atoms with van der Waals surface area (Å²) in [5.41, 5.74) is 0. The smallest absolute Gasteiger partial charge is 0.245 e. The number of nitrogens with one attached hydrogen (secondary N) is 2. The maximum absolute atomic E-state index is 11.4. The molecule has 0 saturated carbocycles. The Morgan fingerprint density at radius 2 is 1.87 bits per heavy atom. The van der Waals surface area contributed by atoms with Crippen LogP contribution >= 0.6 is 22.7 Å². The predicted octanol–water partition coefficient (Wildman–Crippen LogP) is 1.65. The van der Waals surface area contributed by atoms with Gasteiger partial charge < -0.3 is 10.6 Å². The molecule has 2 N–H and O–H groups in total. The molecule has 2 aromatic rings. The summed E-state index contributed by atoms with van der Waals surface area (Å²) in [6, 6.07) is 0. The van der Waals surface area contributed by atoms with Gasteiger partial charge in [-0.15, -0.1) is 22.7 Å². The Kier molecular flexibility index (Phi) is 3.25. The van der Waals surface area contributed by atoms with E-state index < -0.39 is 0 Å². The number of hydrogen-bond acceptors (Lipinski definition) is 6. The highest BCUT2D eigenvalue weighted by molar-refractivity contribution is 7.14. The number of nitrogens with zero attached hydrogens (tertiary/aromatic N) is 2. The summed E-state index contributed by atoms with van der Waals surface area (Å²) in [7, 11) is 0. The summed E-state index contributed by atoms with van der Waals surface area (Å²) >= 11 is 2.85. The highest BCUT2D eigenvalue weighted by atomic mass is 32.1. The minimum Gasteiger partial charge on any atom is -0.352 e. The number of amides is 1. The van der Waals surface area contributed by atoms with E-state index in [-0.39, 0.29) is 12.5 Å². The van der Waals surface area contributed by atoms with Crippen LogP contribution in [0.15, 0.2) is 23.2 Å². The van der Waals surface area contributed by atoms with Gasteiger partial charge in [0.05, 0.1) is 6.54 Å². The van der Waals surface area contributed by atoms with Gasteiger partial charge in [-0.3, -0.25) is 4.79 Å². The highest BCUT2D eigenvalue weighted by Gasteiger charge is 2.04. The molecule has 78 valence electrons. The normalized spacial score (nSPS) is 9.87. The van der Waals surface area contributed by atoms with Crippen molar-refractivity contribution in [1.82, 2.24) is 9.97 Å². The number of hydrogen-bond donors (Lipinski definition) is 2. The average molecular weight is 240 g/mol. The van der Waals surface area contributed by atoms with E-state index in [9.17, 15) is 4.79 Å². The van der Waals surface area contributed by atoms with Crippen molar-refractivity contribution < 1.29 is 4.79 Å². The molecular weight excluding hydrogens is 232 g/mol. The molecule has 2 aromatic heterocycles. The molecule has 0 aliphatic heterocycles. The van der Waals surface area contributed by atoms with Gasteiger partial charge in [0.2, 0.25) is 5.91 Å². The van der Waals surface area contributed by atoms with Crippen LogP contribution in [0.4, 0.5) is 10.3 Å². The zero-order valence-electron chi connectivity index (χ0n) is 7.64. The molecule has 2 heterocycles. The van der Waals surface area contributed by atoms with Gasteiger partial charge in [0.15, 0.2) is 10.3 Å². The minimum absolute atomic E-state index is 0.125. The van der Waals surface area contributed by atoms with Gasteiger partial charge in [-0.05, 0) is 0 Å². The fraction of sp³-hybridized carbons (Fsp3) is 0.125. The lowest BCUT2D eigenvalue weighted by Crippen LogP contribution is -2.21. The van der Waals surface area contributed by atoms with E-state index in [0.29, 0.717) is 5.13 Å². The van der Waals surface area contributed by atoms with Crippen LogP contribution in [0.3, 0.4) is 0 Å². The third-order valence-corrected chi connectivity index (χ3v) is 2.93. The second-order valence-electron chi connectivity index (χ2n) is 2.58. The Morgan fingerprint density at radius 1 is 1.20 bits per heavy atom. The maximum atomic E-state index is 11.4. The van der Waals surface area contributed by atoms with Crippen molar-refractivity contribution in [2.75, 3.05) is 17.2 Å². The summed E-state index contributed by atoms with van der Waals surface area (Å²) in [4.78, 5) is 19.3. The average Bonchev–Trinajstić information content (AvgIpc) is 2.86. The van der Waals surface area contributed by atoms with E-state index in [1.54, 1.807) is 12.4 Å². The largest absolute Gasteiger partial charge is 0.352 e. The second-order valence-corrected chi connectivity index (χ2v) is 4.37. The monoisotopic (exact) mass is 240 g/mol. The molecule has 1 amide bonds. The first-order valence-corrected chi connectivity index (χ1v) is 5.93. The van der Waals surface area contributed by atoms with E-state index >= 15 is 0 Å². The lowest BCUT2D eigenvalue weighted by molar-refractivity contribution is -0.114. The van der Waals surface area contributed by atoms with Crippen LogP contribution in [0.2, 0.25) is 0 Å². The number of thiazole rings is 2. The summed E-state index contributed by atoms with van der Waals surface area (Å²) in [5.74, 6) is -0.125. The van der Waals surface area contributed by atoms with Crippen LogP contribution in [0.1, 0.15) is 0 Å². The molecule has 0 saturated heterocycles. The zero-order valence-corrected chi connectivity index (χ0v) is 9.27. The molecule has 5 nitrogen and oxygen atoms in total. The Morgan fingerprint density at radius 3 is 2.47 bits per heavy atom. The Balaban J connectivity index is 1.78. The molecule has 0 spiro atoms. The number of carbonyl (C=O) groups excluding carboxylic acids is 1. The van der Waals surface area contributed by atoms with Crippen LogP contribution in [-0.2, 0) is 4.79 Å². The summed E-state index contributed by atoms with van der Waals surface area (Å²) < 4.78 is 0. The fourth-order valence-corrected chi connectivity index (χ4v) is 1.99. The lowest BCUT2D eigenvalue weighted by atomic mass is 10.6. The molecule has 0 aromatic carbocycles. The van der Waals surface area contributed by atoms with Crippen molar-refractivity contribution in [3.63, 3.8) is 0 Å². The molecule has 0 bridgehead atoms. The molecule has 0 atom stereocenters. The molecule has 0 aliphatic carbocycles. The molecular formula is C8H8N4OS2. The number of carbonyl (C=O) groups is 1. The van der Waals surface area contributed by atoms with Crippen molar-refractivity contribution in [3.05, 3.63) is 23.2 Å². The van der Waals surface area contributed by atoms with Crippen LogP contribution in [-0.4, -0.2) is 22.4 Å². The third-order valence-electron chi connectivity index (χ3n) is 1.51. The van der Waals surface area contributed by atoms with Crippen molar-refractivity contribution in [2.24, 2.45) is 0 Å². The molecule has 0 unspecified atom stereocenters. The lowest BCUT2D eigenvalue weighted by Gasteiger charge is -2.01. The Bertz CT molecular complexity index is 412. The molecule has 0 aliphatic rings. The van der Waals surface area contributed by atoms with E-state index in [2.05, 4.69) is 20.6 Å². The molecule has 7 heteroatoms. The molecule has 0 fully saturated rings. The summed E-state index contributed by atoms with van der Waals surface area (Å²) in [6.45, 7) is 0.201. The standard InChI is InChI=1S/C8H8N4OS2/c13-6(12-8-10-2-4-15-8)5-11-7-9-1-3-14-7/h1-4H,5H2,(H,9,11)(H,10,12,13). The highest BCUT2D eigenvalue weighted by Crippen LogP contribution is 2.11. The van der Waals surface area contributed by atoms with Gasteiger partial charge in [0.25, 0.3) is 0 Å². The van der Waals surface area contributed by atoms with Gasteiger partial charge in [0, 0.05) is 23.2 Å². The zero-order chi connectivity index (χ0) is 10.5. The Labute approximate surface area is 94.2 Å². The van der Waals surface area contributed by atoms with Crippen LogP contribution in [0.5, 0.6) is 0 Å². The Hall–Kier alpha value is -1.47. The van der Waals surface area contributed by atoms with Crippen molar-refractivity contribution in [2.45, 2.75) is 0 Å². The van der Waals surface area contributed by atoms with Gasteiger partial charge in [-0.1, -0.05) is 0 Å². The summed E-state index contributed by atoms with van der Waals surface area (Å²) in [6.07, 6.45) is 3.33. The van der Waals surface area contributed by atoms with Crippen LogP contribution in [0.25, 0.3) is 0 Å². The van der Waals surface area contributed by atoms with E-state index in [1.807, 2.05) is 10.8 Å². The van der Waals surface area contributed by atoms with E-state index in [1.165, 1.54) is 22.7 Å². The van der Waals surface area contributed by atoms with Crippen LogP contribution in [0, 0.1) is 0 Å². The van der Waals surface area contributed by atoms with E-state index in [4.69, 9.17) is 0 Å². The van der Waals surface area contributed by atoms with Crippen molar-refractivity contribution in [3.8, 4) is 0 Å². The number of aromatic nitrogens is 2. The second kappa shape index (κ2) is 4.85. The first kappa shape index (κ1) is 10.1. The van der Waals surface area contributed by atoms with Crippen molar-refractivity contribution >= 4 is 38.8 Å². The van der Waals surface area contributed by atoms with E-state index in [0.717, 1.165) is 5.13 Å².